The Bertz CT molecular complexity index is 3950. The minimum absolute atomic E-state index is 0.562. The highest BCUT2D eigenvalue weighted by molar-refractivity contribution is 6.09. The lowest BCUT2D eigenvalue weighted by atomic mass is 9.68. The van der Waals surface area contributed by atoms with E-state index in [1.807, 2.05) is 48.5 Å². The van der Waals surface area contributed by atoms with Crippen molar-refractivity contribution in [2.45, 2.75) is 5.41 Å². The maximum atomic E-state index is 7.12. The molecular weight excluding hydrogens is 857 g/mol. The monoisotopic (exact) mass is 896 g/mol. The molecule has 5 nitrogen and oxygen atoms in total. The quantitative estimate of drug-likeness (QED) is 0.160. The van der Waals surface area contributed by atoms with Crippen LogP contribution in [0.2, 0.25) is 0 Å². The van der Waals surface area contributed by atoms with Crippen LogP contribution in [0.1, 0.15) is 22.3 Å². The van der Waals surface area contributed by atoms with E-state index in [2.05, 4.69) is 194 Å². The summed E-state index contributed by atoms with van der Waals surface area (Å²) in [6.45, 7) is 0. The summed E-state index contributed by atoms with van der Waals surface area (Å²) >= 11 is 0. The normalized spacial score (nSPS) is 12.9. The summed E-state index contributed by atoms with van der Waals surface area (Å²) in [6.07, 6.45) is 0. The molecule has 2 aliphatic rings. The van der Waals surface area contributed by atoms with Gasteiger partial charge >= 0.3 is 0 Å². The van der Waals surface area contributed by atoms with E-state index in [0.29, 0.717) is 28.8 Å². The molecule has 2 aromatic heterocycles. The van der Waals surface area contributed by atoms with Crippen molar-refractivity contribution in [3.63, 3.8) is 0 Å². The Morgan fingerprint density at radius 1 is 0.343 bits per heavy atom. The molecule has 14 rings (SSSR count). The maximum absolute atomic E-state index is 7.12. The average molecular weight is 897 g/mol. The molecule has 0 N–H and O–H groups in total. The molecule has 0 spiro atoms. The number of furan rings is 1. The molecule has 0 amide bonds. The SMILES string of the molecule is c1ccc(-c2cc(-c3ccc(-c4cccc5c4oc4ccccc45)cc3)nc(-c3ccccc3-c3cccc4c3Oc3ccc5c(c3O4)-c3ccccc3C5(c3ccccc3)c3ccccc3)n2)cc1. The first kappa shape index (κ1) is 39.8. The summed E-state index contributed by atoms with van der Waals surface area (Å²) in [5.74, 6) is 3.25. The van der Waals surface area contributed by atoms with Gasteiger partial charge in [-0.2, -0.15) is 0 Å². The highest BCUT2D eigenvalue weighted by atomic mass is 16.6. The lowest BCUT2D eigenvalue weighted by Gasteiger charge is -2.34. The van der Waals surface area contributed by atoms with Crippen molar-refractivity contribution < 1.29 is 13.9 Å². The van der Waals surface area contributed by atoms with E-state index < -0.39 is 5.41 Å². The summed E-state index contributed by atoms with van der Waals surface area (Å²) in [6, 6.07) is 84.5. The van der Waals surface area contributed by atoms with Crippen LogP contribution in [0.5, 0.6) is 23.0 Å². The lowest BCUT2D eigenvalue weighted by molar-refractivity contribution is 0.361. The second kappa shape index (κ2) is 15.9. The van der Waals surface area contributed by atoms with Crippen LogP contribution < -0.4 is 9.47 Å². The lowest BCUT2D eigenvalue weighted by Crippen LogP contribution is -2.28. The van der Waals surface area contributed by atoms with Crippen molar-refractivity contribution in [2.24, 2.45) is 0 Å². The predicted octanol–water partition coefficient (Wildman–Crippen LogP) is 17.0. The van der Waals surface area contributed by atoms with Crippen molar-refractivity contribution in [2.75, 3.05) is 0 Å². The van der Waals surface area contributed by atoms with E-state index in [9.17, 15) is 0 Å². The zero-order valence-electron chi connectivity index (χ0n) is 37.7. The number of hydrogen-bond acceptors (Lipinski definition) is 5. The second-order valence-corrected chi connectivity index (χ2v) is 17.9. The van der Waals surface area contributed by atoms with Crippen molar-refractivity contribution >= 4 is 21.9 Å². The molecule has 0 atom stereocenters. The van der Waals surface area contributed by atoms with Crippen molar-refractivity contribution in [3.05, 3.63) is 265 Å². The summed E-state index contributed by atoms with van der Waals surface area (Å²) in [4.78, 5) is 10.6. The molecule has 12 aromatic rings. The molecule has 1 aliphatic heterocycles. The van der Waals surface area contributed by atoms with Crippen molar-refractivity contribution in [1.29, 1.82) is 0 Å². The molecule has 3 heterocycles. The van der Waals surface area contributed by atoms with Crippen LogP contribution in [0.4, 0.5) is 0 Å². The van der Waals surface area contributed by atoms with Crippen LogP contribution in [0.3, 0.4) is 0 Å². The third-order valence-electron chi connectivity index (χ3n) is 14.1. The second-order valence-electron chi connectivity index (χ2n) is 17.9. The summed E-state index contributed by atoms with van der Waals surface area (Å²) in [5.41, 5.74) is 16.5. The first-order valence-electron chi connectivity index (χ1n) is 23.6. The zero-order chi connectivity index (χ0) is 46.2. The van der Waals surface area contributed by atoms with Gasteiger partial charge in [-0.05, 0) is 63.2 Å². The van der Waals surface area contributed by atoms with Crippen molar-refractivity contribution in [3.8, 4) is 90.3 Å². The van der Waals surface area contributed by atoms with Crippen LogP contribution in [-0.4, -0.2) is 9.97 Å². The summed E-state index contributed by atoms with van der Waals surface area (Å²) < 4.78 is 20.6. The number of para-hydroxylation sites is 3. The van der Waals surface area contributed by atoms with E-state index in [4.69, 9.17) is 23.9 Å². The van der Waals surface area contributed by atoms with Gasteiger partial charge in [0.2, 0.25) is 0 Å². The van der Waals surface area contributed by atoms with Gasteiger partial charge in [0, 0.05) is 44.2 Å². The fourth-order valence-corrected chi connectivity index (χ4v) is 11.0. The molecule has 0 radical (unpaired) electrons. The fourth-order valence-electron chi connectivity index (χ4n) is 11.0. The summed E-state index contributed by atoms with van der Waals surface area (Å²) in [7, 11) is 0. The van der Waals surface area contributed by atoms with Gasteiger partial charge in [-0.25, -0.2) is 9.97 Å². The Labute approximate surface area is 404 Å². The minimum Gasteiger partial charge on any atom is -0.455 e. The number of aromatic nitrogens is 2. The molecule has 1 aliphatic carbocycles. The molecule has 5 heteroatoms. The zero-order valence-corrected chi connectivity index (χ0v) is 37.7. The molecule has 0 bridgehead atoms. The van der Waals surface area contributed by atoms with Crippen LogP contribution in [0, 0.1) is 0 Å². The number of rotatable bonds is 7. The predicted molar refractivity (Wildman–Crippen MR) is 280 cm³/mol. The number of hydrogen-bond donors (Lipinski definition) is 0. The third kappa shape index (κ3) is 6.11. The van der Waals surface area contributed by atoms with E-state index in [-0.39, 0.29) is 0 Å². The summed E-state index contributed by atoms with van der Waals surface area (Å²) in [5, 5.41) is 2.22. The first-order chi connectivity index (χ1) is 34.7. The van der Waals surface area contributed by atoms with Crippen LogP contribution in [-0.2, 0) is 5.41 Å². The van der Waals surface area contributed by atoms with Gasteiger partial charge in [-0.1, -0.05) is 218 Å². The van der Waals surface area contributed by atoms with Crippen LogP contribution >= 0.6 is 0 Å². The number of fused-ring (bicyclic) bond motifs is 9. The van der Waals surface area contributed by atoms with Crippen LogP contribution in [0.25, 0.3) is 89.2 Å². The van der Waals surface area contributed by atoms with E-state index in [1.54, 1.807) is 0 Å². The highest BCUT2D eigenvalue weighted by Crippen LogP contribution is 2.63. The molecule has 0 saturated carbocycles. The molecule has 0 fully saturated rings. The maximum Gasteiger partial charge on any atom is 0.178 e. The topological polar surface area (TPSA) is 57.4 Å². The largest absolute Gasteiger partial charge is 0.455 e. The number of ether oxygens (including phenoxy) is 2. The van der Waals surface area contributed by atoms with E-state index in [1.165, 1.54) is 16.7 Å². The highest BCUT2D eigenvalue weighted by Gasteiger charge is 2.48. The van der Waals surface area contributed by atoms with Gasteiger partial charge in [-0.3, -0.25) is 0 Å². The number of benzene rings is 10. The first-order valence-corrected chi connectivity index (χ1v) is 23.6. The smallest absolute Gasteiger partial charge is 0.178 e. The molecular formula is C65H40N2O3. The van der Waals surface area contributed by atoms with Crippen LogP contribution in [0.15, 0.2) is 247 Å². The van der Waals surface area contributed by atoms with Crippen molar-refractivity contribution in [1.82, 2.24) is 9.97 Å². The Balaban J connectivity index is 0.874. The van der Waals surface area contributed by atoms with E-state index >= 15 is 0 Å². The molecule has 0 saturated heterocycles. The molecule has 0 unspecified atom stereocenters. The Morgan fingerprint density at radius 2 is 0.886 bits per heavy atom. The van der Waals surface area contributed by atoms with E-state index in [0.717, 1.165) is 89.0 Å². The van der Waals surface area contributed by atoms with Gasteiger partial charge in [0.1, 0.15) is 11.2 Å². The van der Waals surface area contributed by atoms with Gasteiger partial charge in [0.25, 0.3) is 0 Å². The van der Waals surface area contributed by atoms with Gasteiger partial charge < -0.3 is 13.9 Å². The molecule has 10 aromatic carbocycles. The average Bonchev–Trinajstić information content (AvgIpc) is 3.98. The molecule has 328 valence electrons. The Morgan fingerprint density at radius 3 is 1.64 bits per heavy atom. The Hall–Kier alpha value is -9.32. The number of nitrogens with zero attached hydrogens (tertiary/aromatic N) is 2. The molecule has 70 heavy (non-hydrogen) atoms. The Kier molecular flexibility index (Phi) is 9.04. The van der Waals surface area contributed by atoms with Gasteiger partial charge in [0.15, 0.2) is 28.8 Å². The van der Waals surface area contributed by atoms with Gasteiger partial charge in [-0.15, -0.1) is 0 Å². The fraction of sp³-hybridized carbons (Fsp3) is 0.0154. The minimum atomic E-state index is -0.562. The van der Waals surface area contributed by atoms with Gasteiger partial charge in [0.05, 0.1) is 16.8 Å². The standard InChI is InChI=1S/C65H40N2O3/c1-4-18-42(19-5-1)55-40-56(43-36-34-41(35-37-43)46-28-16-29-50-48-25-13-15-32-57(48)68-61(46)50)67-64(66-55)51-26-11-10-24-47(51)49-30-17-33-58-62(49)69-59-39-38-54-60(63(59)70-58)52-27-12-14-31-53(52)65(54,44-20-6-2-7-21-44)45-22-8-3-9-23-45/h1-40H. The third-order valence-corrected chi connectivity index (χ3v) is 14.1.